The largest absolute Gasteiger partial charge is 0 e. The van der Waals surface area contributed by atoms with Crippen LogP contribution in [0.5, 0.6) is 0 Å². The van der Waals surface area contributed by atoms with Crippen molar-refractivity contribution in [3.05, 3.63) is 0 Å². The van der Waals surface area contributed by atoms with E-state index in [9.17, 15) is 0 Å². The van der Waals surface area contributed by atoms with Gasteiger partial charge in [0.1, 0.15) is 0 Å². The molecule has 0 aromatic carbocycles. The van der Waals surface area contributed by atoms with Crippen LogP contribution in [-0.2, 0) is 4.57 Å². The molecule has 0 amide bonds. The third-order valence-corrected chi connectivity index (χ3v) is 0. The van der Waals surface area contributed by atoms with Crippen molar-refractivity contribution in [1.82, 2.24) is 0 Å². The van der Waals surface area contributed by atoms with Gasteiger partial charge in [-0.05, 0) is 0 Å². The maximum atomic E-state index is 8.55. The van der Waals surface area contributed by atoms with Crippen molar-refractivity contribution >= 4 is 62.9 Å². The Hall–Kier alpha value is 3.10. The molecule has 39 valence electrons. The minimum Gasteiger partial charge on any atom is 0 e. The molecule has 0 aliphatic rings. The first-order valence-electron chi connectivity index (χ1n) is 0.730. The van der Waals surface area contributed by atoms with Gasteiger partial charge in [0.2, 0.25) is 0 Å². The summed E-state index contributed by atoms with van der Waals surface area (Å²) in [5.74, 6) is 0. The van der Waals surface area contributed by atoms with Gasteiger partial charge in [0.25, 0.3) is 0 Å². The SMILES string of the molecule is O=P([O-])([O-])[O-].[Al+3].[CaH2].[La]. The van der Waals surface area contributed by atoms with Crippen LogP contribution in [0.3, 0.4) is 0 Å². The summed E-state index contributed by atoms with van der Waals surface area (Å²) >= 11 is 0. The van der Waals surface area contributed by atoms with Crippen LogP contribution in [0.1, 0.15) is 0 Å². The predicted molar refractivity (Wildman–Crippen MR) is 21.9 cm³/mol. The van der Waals surface area contributed by atoms with Crippen molar-refractivity contribution in [2.45, 2.75) is 0 Å². The molecule has 0 bridgehead atoms. The maximum Gasteiger partial charge on any atom is 0 e. The van der Waals surface area contributed by atoms with Crippen LogP contribution >= 0.6 is 7.82 Å². The number of phosphoric acid groups is 1. The molecule has 4 nitrogen and oxygen atoms in total. The van der Waals surface area contributed by atoms with Gasteiger partial charge in [0.05, 0.1) is 0 Å². The molecule has 0 atom stereocenters. The molecule has 0 N–H and O–H groups in total. The number of hydrogen-bond donors (Lipinski definition) is 0. The van der Waals surface area contributed by atoms with Crippen LogP contribution in [-0.4, -0.2) is 55.1 Å². The Morgan fingerprint density at radius 2 is 1.12 bits per heavy atom. The summed E-state index contributed by atoms with van der Waals surface area (Å²) in [6.07, 6.45) is 0. The summed E-state index contributed by atoms with van der Waals surface area (Å²) in [7, 11) is -5.39. The number of rotatable bonds is 0. The fraction of sp³-hybridized carbons (Fsp3) is 0. The van der Waals surface area contributed by atoms with Crippen molar-refractivity contribution in [3.63, 3.8) is 0 Å². The van der Waals surface area contributed by atoms with Crippen LogP contribution in [0, 0.1) is 35.6 Å². The summed E-state index contributed by atoms with van der Waals surface area (Å²) in [5.41, 5.74) is 0. The van der Waals surface area contributed by atoms with E-state index < -0.39 is 7.82 Å². The van der Waals surface area contributed by atoms with Gasteiger partial charge in [0.15, 0.2) is 0 Å². The second-order valence-electron chi connectivity index (χ2n) is 0.447. The molecule has 0 heterocycles. The minimum atomic E-state index is -5.39. The third kappa shape index (κ3) is 62.2. The second kappa shape index (κ2) is 10.1. The first kappa shape index (κ1) is 22.5. The van der Waals surface area contributed by atoms with Gasteiger partial charge >= 0.3 is 55.1 Å². The van der Waals surface area contributed by atoms with Crippen LogP contribution in [0.2, 0.25) is 0 Å². The fourth-order valence-corrected chi connectivity index (χ4v) is 0. The van der Waals surface area contributed by atoms with E-state index in [0.29, 0.717) is 0 Å². The maximum absolute atomic E-state index is 8.55. The molecule has 0 rings (SSSR count). The van der Waals surface area contributed by atoms with E-state index in [1.54, 1.807) is 0 Å². The monoisotopic (exact) mass is 303 g/mol. The first-order chi connectivity index (χ1) is 2.00. The third-order valence-electron chi connectivity index (χ3n) is 0. The van der Waals surface area contributed by atoms with E-state index in [1.807, 2.05) is 0 Å². The van der Waals surface area contributed by atoms with Crippen LogP contribution in [0.25, 0.3) is 0 Å². The Kier molecular flexibility index (Phi) is 28.3. The second-order valence-corrected chi connectivity index (χ2v) is 1.34. The molecule has 0 aliphatic carbocycles. The van der Waals surface area contributed by atoms with Gasteiger partial charge in [-0.2, -0.15) is 7.82 Å². The van der Waals surface area contributed by atoms with Crippen LogP contribution in [0.15, 0.2) is 0 Å². The summed E-state index contributed by atoms with van der Waals surface area (Å²) in [4.78, 5) is 25.6. The standard InChI is InChI=1S/Al.Ca.La.H3O4P.2H/c;;;1-5(2,3)4;;/h;;;(H3,1,2,3,4);;/q+3;;;;;/p-3. The topological polar surface area (TPSA) is 86.2 Å². The van der Waals surface area contributed by atoms with Gasteiger partial charge in [-0.1, -0.05) is 0 Å². The van der Waals surface area contributed by atoms with Gasteiger partial charge in [0, 0.05) is 35.6 Å². The van der Waals surface area contributed by atoms with E-state index in [0.717, 1.165) is 0 Å². The molecule has 0 fully saturated rings. The van der Waals surface area contributed by atoms with Crippen molar-refractivity contribution in [2.75, 3.05) is 0 Å². The molecular weight excluding hydrogens is 301 g/mol. The molecule has 0 aliphatic heterocycles. The zero-order valence-corrected chi connectivity index (χ0v) is 8.91. The van der Waals surface area contributed by atoms with E-state index in [2.05, 4.69) is 0 Å². The quantitative estimate of drug-likeness (QED) is 0.336. The summed E-state index contributed by atoms with van der Waals surface area (Å²) in [6, 6.07) is 0. The summed E-state index contributed by atoms with van der Waals surface area (Å²) in [5, 5.41) is 0. The molecule has 8 heavy (non-hydrogen) atoms. The van der Waals surface area contributed by atoms with Crippen molar-refractivity contribution in [1.29, 1.82) is 0 Å². The molecule has 0 spiro atoms. The van der Waals surface area contributed by atoms with E-state index in [-0.39, 0.29) is 90.7 Å². The molecule has 0 aromatic rings. The molecule has 1 radical (unpaired) electrons. The molecule has 8 heteroatoms. The van der Waals surface area contributed by atoms with Gasteiger partial charge < -0.3 is 19.2 Å². The smallest absolute Gasteiger partial charge is 0 e. The van der Waals surface area contributed by atoms with Gasteiger partial charge in [-0.25, -0.2) is 0 Å². The average molecular weight is 303 g/mol. The summed E-state index contributed by atoms with van der Waals surface area (Å²) < 4.78 is 8.55. The molecule has 0 saturated carbocycles. The Balaban J connectivity index is -0.0000000267. The molecule has 0 unspecified atom stereocenters. The Morgan fingerprint density at radius 1 is 1.12 bits per heavy atom. The first-order valence-corrected chi connectivity index (χ1v) is 2.19. The Morgan fingerprint density at radius 3 is 1.12 bits per heavy atom. The van der Waals surface area contributed by atoms with Gasteiger partial charge in [-0.15, -0.1) is 0 Å². The van der Waals surface area contributed by atoms with E-state index in [4.69, 9.17) is 19.2 Å². The Labute approximate surface area is 115 Å². The Bertz CT molecular complexity index is 62.2. The zero-order chi connectivity index (χ0) is 4.50. The molecule has 0 aromatic heterocycles. The normalized spacial score (nSPS) is 7.38. The summed E-state index contributed by atoms with van der Waals surface area (Å²) in [6.45, 7) is 0. The average Bonchev–Trinajstić information content (AvgIpc) is 0.722. The van der Waals surface area contributed by atoms with Crippen LogP contribution in [0.4, 0.5) is 0 Å². The van der Waals surface area contributed by atoms with Crippen molar-refractivity contribution < 1.29 is 54.8 Å². The van der Waals surface area contributed by atoms with Crippen LogP contribution < -0.4 is 14.7 Å². The molecule has 0 saturated heterocycles. The van der Waals surface area contributed by atoms with E-state index >= 15 is 0 Å². The van der Waals surface area contributed by atoms with Crippen molar-refractivity contribution in [3.8, 4) is 0 Å². The van der Waals surface area contributed by atoms with Gasteiger partial charge in [-0.3, -0.25) is 0 Å². The van der Waals surface area contributed by atoms with Crippen molar-refractivity contribution in [2.24, 2.45) is 0 Å². The predicted octanol–water partition coefficient (Wildman–Crippen LogP) is -4.12. The zero-order valence-electron chi connectivity index (χ0n) is 3.23. The van der Waals surface area contributed by atoms with E-state index in [1.165, 1.54) is 0 Å². The minimum absolute atomic E-state index is 0. The fourth-order valence-electron chi connectivity index (χ4n) is 0. The molecular formula is H2AlCaLaO4P. The number of hydrogen-bond acceptors (Lipinski definition) is 4.